The van der Waals surface area contributed by atoms with Crippen LogP contribution in [-0.4, -0.2) is 193 Å². The lowest BCUT2D eigenvalue weighted by atomic mass is 9.96. The van der Waals surface area contributed by atoms with E-state index in [1.165, 1.54) is 193 Å². The molecule has 3 aliphatic heterocycles. The monoisotopic (exact) mass is 1260 g/mol. The maximum atomic E-state index is 13.4. The van der Waals surface area contributed by atoms with Gasteiger partial charge in [0.25, 0.3) is 0 Å². The summed E-state index contributed by atoms with van der Waals surface area (Å²) in [4.78, 5) is 13.4. The molecule has 0 aromatic heterocycles. The topological polar surface area (TPSA) is 307 Å². The van der Waals surface area contributed by atoms with Gasteiger partial charge >= 0.3 is 0 Å². The zero-order chi connectivity index (χ0) is 64.0. The fraction of sp³-hybridized carbons (Fsp3) is 0.928. The molecule has 1 amide bonds. The fourth-order valence-electron chi connectivity index (χ4n) is 12.2. The Labute approximate surface area is 530 Å². The number of amides is 1. The van der Waals surface area contributed by atoms with Gasteiger partial charge in [-0.15, -0.1) is 0 Å². The predicted molar refractivity (Wildman–Crippen MR) is 342 cm³/mol. The Morgan fingerprint density at radius 3 is 1.10 bits per heavy atom. The average molecular weight is 1260 g/mol. The summed E-state index contributed by atoms with van der Waals surface area (Å²) in [5.74, 6) is -0.277. The van der Waals surface area contributed by atoms with Crippen LogP contribution in [0.25, 0.3) is 0 Å². The lowest BCUT2D eigenvalue weighted by Gasteiger charge is -2.48. The Bertz CT molecular complexity index is 1690. The Hall–Kier alpha value is -1.73. The molecule has 3 saturated heterocycles. The zero-order valence-electron chi connectivity index (χ0n) is 54.7. The van der Waals surface area contributed by atoms with E-state index >= 15 is 0 Å². The molecule has 0 aromatic rings. The first-order valence-electron chi connectivity index (χ1n) is 35.6. The molecular formula is C69H129NO18. The van der Waals surface area contributed by atoms with Gasteiger partial charge in [0.1, 0.15) is 73.2 Å². The Kier molecular flexibility index (Phi) is 47.3. The Balaban J connectivity index is 1.44. The largest absolute Gasteiger partial charge is 0.394 e. The van der Waals surface area contributed by atoms with E-state index in [0.29, 0.717) is 6.42 Å². The minimum Gasteiger partial charge on any atom is -0.394 e. The summed E-state index contributed by atoms with van der Waals surface area (Å²) in [6, 6.07) is -0.974. The molecule has 19 nitrogen and oxygen atoms in total. The molecule has 12 N–H and O–H groups in total. The quantitative estimate of drug-likeness (QED) is 0.0199. The van der Waals surface area contributed by atoms with Crippen LogP contribution in [0, 0.1) is 0 Å². The summed E-state index contributed by atoms with van der Waals surface area (Å²) in [5, 5.41) is 121. The van der Waals surface area contributed by atoms with E-state index in [0.717, 1.165) is 57.8 Å². The van der Waals surface area contributed by atoms with E-state index in [1.807, 2.05) is 6.08 Å². The molecule has 3 heterocycles. The number of nitrogens with one attached hydrogen (secondary N) is 1. The first-order valence-corrected chi connectivity index (χ1v) is 35.6. The minimum atomic E-state index is -1.98. The highest BCUT2D eigenvalue weighted by atomic mass is 16.8. The summed E-state index contributed by atoms with van der Waals surface area (Å²) in [6.45, 7) is 1.76. The van der Waals surface area contributed by atoms with E-state index in [2.05, 4.69) is 31.3 Å². The van der Waals surface area contributed by atoms with Gasteiger partial charge in [-0.2, -0.15) is 0 Å². The van der Waals surface area contributed by atoms with Crippen molar-refractivity contribution in [3.63, 3.8) is 0 Å². The van der Waals surface area contributed by atoms with Crippen molar-refractivity contribution < 1.29 is 89.4 Å². The van der Waals surface area contributed by atoms with Gasteiger partial charge in [0, 0.05) is 6.42 Å². The van der Waals surface area contributed by atoms with E-state index in [9.17, 15) is 61.0 Å². The fourth-order valence-corrected chi connectivity index (χ4v) is 12.2. The molecule has 19 heteroatoms. The van der Waals surface area contributed by atoms with Gasteiger partial charge < -0.3 is 89.9 Å². The number of hydrogen-bond acceptors (Lipinski definition) is 18. The predicted octanol–water partition coefficient (Wildman–Crippen LogP) is 9.44. The van der Waals surface area contributed by atoms with Crippen LogP contribution in [-0.2, 0) is 33.2 Å². The van der Waals surface area contributed by atoms with Gasteiger partial charge in [0.15, 0.2) is 18.9 Å². The van der Waals surface area contributed by atoms with Crippen molar-refractivity contribution in [1.82, 2.24) is 5.32 Å². The lowest BCUT2D eigenvalue weighted by Crippen LogP contribution is -2.66. The standard InChI is InChI=1S/C69H129NO18/c1-3-5-7-9-11-13-15-17-19-21-23-24-25-26-27-28-29-30-32-34-36-38-40-42-44-46-53(74)52(70-57(75)47-45-43-41-39-37-35-33-31-22-20-18-16-14-12-10-8-6-4-2)51-83-67-63(81)60(78)65(55(49-72)85-67)88-69-64(82)61(79)66(56(50-73)86-69)87-68-62(80)59(77)58(76)54(48-71)84-68/h20,22,44,46,52-56,58-69,71-74,76-82H,3-19,21,23-43,45,47-51H2,1-2H3,(H,70,75)/b22-20-,46-44+. The number of carbonyl (C=O) groups excluding carboxylic acids is 1. The minimum absolute atomic E-state index is 0.240. The van der Waals surface area contributed by atoms with Crippen molar-refractivity contribution in [3.8, 4) is 0 Å². The molecule has 3 rings (SSSR count). The first kappa shape index (κ1) is 80.5. The number of rotatable bonds is 55. The van der Waals surface area contributed by atoms with Crippen LogP contribution in [0.3, 0.4) is 0 Å². The third kappa shape index (κ3) is 33.4. The number of aliphatic hydroxyl groups excluding tert-OH is 11. The van der Waals surface area contributed by atoms with Crippen molar-refractivity contribution >= 4 is 5.91 Å². The molecule has 0 radical (unpaired) electrons. The van der Waals surface area contributed by atoms with Crippen molar-refractivity contribution in [2.24, 2.45) is 0 Å². The second-order valence-electron chi connectivity index (χ2n) is 25.7. The van der Waals surface area contributed by atoms with Gasteiger partial charge in [-0.1, -0.05) is 250 Å². The van der Waals surface area contributed by atoms with Crippen molar-refractivity contribution in [3.05, 3.63) is 24.3 Å². The molecule has 17 atom stereocenters. The molecule has 0 aromatic carbocycles. The number of unbranched alkanes of at least 4 members (excludes halogenated alkanes) is 37. The van der Waals surface area contributed by atoms with Gasteiger partial charge in [-0.25, -0.2) is 0 Å². The highest BCUT2D eigenvalue weighted by Gasteiger charge is 2.53. The molecule has 0 aliphatic carbocycles. The molecule has 518 valence electrons. The van der Waals surface area contributed by atoms with Crippen LogP contribution >= 0.6 is 0 Å². The number of hydrogen-bond donors (Lipinski definition) is 12. The molecule has 0 saturated carbocycles. The van der Waals surface area contributed by atoms with Gasteiger partial charge in [0.2, 0.25) is 5.91 Å². The SMILES string of the molecule is CCCCCCCCC/C=C\CCCCCCCCCC(=O)NC(COC1OC(CO)C(OC2OC(CO)C(OC3OC(CO)C(O)C(O)C3O)C(O)C2O)C(O)C1O)C(O)/C=C/CCCCCCCCCCCCCCCCCCCCCCCCC. The van der Waals surface area contributed by atoms with Crippen molar-refractivity contribution in [2.75, 3.05) is 26.4 Å². The van der Waals surface area contributed by atoms with Crippen molar-refractivity contribution in [1.29, 1.82) is 0 Å². The molecule has 3 fully saturated rings. The first-order chi connectivity index (χ1) is 42.8. The molecular weight excluding hydrogens is 1130 g/mol. The van der Waals surface area contributed by atoms with Crippen molar-refractivity contribution in [2.45, 2.75) is 381 Å². The third-order valence-corrected chi connectivity index (χ3v) is 18.0. The Morgan fingerprint density at radius 2 is 0.716 bits per heavy atom. The van der Waals surface area contributed by atoms with Gasteiger partial charge in [-0.3, -0.25) is 4.79 Å². The summed E-state index contributed by atoms with van der Waals surface area (Å²) >= 11 is 0. The molecule has 88 heavy (non-hydrogen) atoms. The van der Waals surface area contributed by atoms with E-state index in [1.54, 1.807) is 6.08 Å². The summed E-state index contributed by atoms with van der Waals surface area (Å²) in [7, 11) is 0. The number of allylic oxidation sites excluding steroid dienone is 3. The smallest absolute Gasteiger partial charge is 0.220 e. The molecule has 0 bridgehead atoms. The lowest BCUT2D eigenvalue weighted by molar-refractivity contribution is -0.379. The van der Waals surface area contributed by atoms with Crippen LogP contribution in [0.15, 0.2) is 24.3 Å². The van der Waals surface area contributed by atoms with Crippen LogP contribution in [0.5, 0.6) is 0 Å². The van der Waals surface area contributed by atoms with Crippen LogP contribution in [0.4, 0.5) is 0 Å². The van der Waals surface area contributed by atoms with Gasteiger partial charge in [-0.05, 0) is 44.9 Å². The summed E-state index contributed by atoms with van der Waals surface area (Å²) in [6.07, 6.45) is 31.5. The Morgan fingerprint density at radius 1 is 0.398 bits per heavy atom. The molecule has 17 unspecified atom stereocenters. The maximum absolute atomic E-state index is 13.4. The zero-order valence-corrected chi connectivity index (χ0v) is 54.7. The summed E-state index contributed by atoms with van der Waals surface area (Å²) < 4.78 is 34.4. The molecule has 0 spiro atoms. The number of ether oxygens (including phenoxy) is 6. The highest BCUT2D eigenvalue weighted by molar-refractivity contribution is 5.76. The van der Waals surface area contributed by atoms with E-state index < -0.39 is 124 Å². The van der Waals surface area contributed by atoms with E-state index in [4.69, 9.17) is 28.4 Å². The number of aliphatic hydroxyl groups is 11. The normalized spacial score (nSPS) is 28.5. The number of carbonyl (C=O) groups is 1. The summed E-state index contributed by atoms with van der Waals surface area (Å²) in [5.41, 5.74) is 0. The average Bonchev–Trinajstić information content (AvgIpc) is 3.72. The third-order valence-electron chi connectivity index (χ3n) is 18.0. The van der Waals surface area contributed by atoms with Crippen LogP contribution < -0.4 is 5.32 Å². The second-order valence-corrected chi connectivity index (χ2v) is 25.7. The molecule has 3 aliphatic rings. The van der Waals surface area contributed by atoms with Crippen LogP contribution in [0.2, 0.25) is 0 Å². The maximum Gasteiger partial charge on any atom is 0.220 e. The van der Waals surface area contributed by atoms with Gasteiger partial charge in [0.05, 0.1) is 38.6 Å². The van der Waals surface area contributed by atoms with E-state index in [-0.39, 0.29) is 18.9 Å². The second kappa shape index (κ2) is 51.7. The highest BCUT2D eigenvalue weighted by Crippen LogP contribution is 2.33. The van der Waals surface area contributed by atoms with Crippen LogP contribution in [0.1, 0.15) is 277 Å².